The standard InChI is InChI=1S/C24H27N3O4S2/c1-4-27(5-2)22-14-10-19(25-24(28)15-13-21-7-6-16-32-21)17-23(22)33(29,30)26-18-8-11-20(31-3)12-9-18/h6-17,26H,4-5H2,1-3H3,(H,25,28)/b15-13+. The maximum atomic E-state index is 13.3. The zero-order valence-corrected chi connectivity index (χ0v) is 20.4. The fourth-order valence-electron chi connectivity index (χ4n) is 3.23. The molecule has 0 saturated carbocycles. The van der Waals surface area contributed by atoms with Crippen molar-refractivity contribution in [3.05, 3.63) is 70.9 Å². The molecule has 0 spiro atoms. The molecule has 1 amide bonds. The quantitative estimate of drug-likeness (QED) is 0.392. The van der Waals surface area contributed by atoms with E-state index in [2.05, 4.69) is 10.0 Å². The van der Waals surface area contributed by atoms with Crippen molar-refractivity contribution in [3.63, 3.8) is 0 Å². The molecule has 0 atom stereocenters. The molecule has 2 N–H and O–H groups in total. The van der Waals surface area contributed by atoms with Crippen LogP contribution in [0.15, 0.2) is 70.9 Å². The smallest absolute Gasteiger partial charge is 0.264 e. The number of nitrogens with zero attached hydrogens (tertiary/aromatic N) is 1. The van der Waals surface area contributed by atoms with Crippen LogP contribution < -0.4 is 19.7 Å². The van der Waals surface area contributed by atoms with E-state index in [1.54, 1.807) is 49.6 Å². The zero-order chi connectivity index (χ0) is 23.8. The largest absolute Gasteiger partial charge is 0.497 e. The van der Waals surface area contributed by atoms with Crippen LogP contribution in [0.2, 0.25) is 0 Å². The van der Waals surface area contributed by atoms with Gasteiger partial charge < -0.3 is 15.0 Å². The molecule has 0 fully saturated rings. The first-order valence-electron chi connectivity index (χ1n) is 10.4. The van der Waals surface area contributed by atoms with Crippen molar-refractivity contribution in [1.29, 1.82) is 0 Å². The van der Waals surface area contributed by atoms with E-state index in [0.29, 0.717) is 35.9 Å². The Bertz CT molecular complexity index is 1200. The Morgan fingerprint density at radius 3 is 2.36 bits per heavy atom. The molecule has 9 heteroatoms. The Balaban J connectivity index is 1.91. The number of ether oxygens (including phenoxy) is 1. The molecule has 0 aliphatic carbocycles. The molecule has 0 unspecified atom stereocenters. The van der Waals surface area contributed by atoms with Gasteiger partial charge in [0.25, 0.3) is 10.0 Å². The second kappa shape index (κ2) is 11.0. The van der Waals surface area contributed by atoms with E-state index in [0.717, 1.165) is 4.88 Å². The van der Waals surface area contributed by atoms with E-state index in [1.807, 2.05) is 36.3 Å². The van der Waals surface area contributed by atoms with Crippen molar-refractivity contribution >= 4 is 50.4 Å². The second-order valence-corrected chi connectivity index (χ2v) is 9.66. The first-order valence-corrected chi connectivity index (χ1v) is 12.8. The number of carbonyl (C=O) groups is 1. The molecule has 3 aromatic rings. The van der Waals surface area contributed by atoms with Crippen molar-refractivity contribution in [1.82, 2.24) is 0 Å². The van der Waals surface area contributed by atoms with E-state index in [1.165, 1.54) is 23.5 Å². The summed E-state index contributed by atoms with van der Waals surface area (Å²) in [5.41, 5.74) is 1.37. The minimum atomic E-state index is -3.93. The lowest BCUT2D eigenvalue weighted by Crippen LogP contribution is -2.25. The number of carbonyl (C=O) groups excluding carboxylic acids is 1. The summed E-state index contributed by atoms with van der Waals surface area (Å²) in [5.74, 6) is 0.285. The predicted octanol–water partition coefficient (Wildman–Crippen LogP) is 5.06. The number of thiophene rings is 1. The van der Waals surface area contributed by atoms with Gasteiger partial charge in [0.15, 0.2) is 0 Å². The minimum absolute atomic E-state index is 0.0852. The fraction of sp³-hybridized carbons (Fsp3) is 0.208. The van der Waals surface area contributed by atoms with Crippen LogP contribution in [-0.2, 0) is 14.8 Å². The number of sulfonamides is 1. The Hall–Kier alpha value is -3.30. The lowest BCUT2D eigenvalue weighted by molar-refractivity contribution is -0.111. The first-order chi connectivity index (χ1) is 15.9. The number of nitrogens with one attached hydrogen (secondary N) is 2. The van der Waals surface area contributed by atoms with Gasteiger partial charge in [0, 0.05) is 35.4 Å². The summed E-state index contributed by atoms with van der Waals surface area (Å²) < 4.78 is 34.4. The summed E-state index contributed by atoms with van der Waals surface area (Å²) in [6, 6.07) is 15.3. The van der Waals surface area contributed by atoms with Crippen molar-refractivity contribution in [3.8, 4) is 5.75 Å². The third kappa shape index (κ3) is 6.36. The van der Waals surface area contributed by atoms with Crippen molar-refractivity contribution in [2.75, 3.05) is 35.1 Å². The van der Waals surface area contributed by atoms with Gasteiger partial charge in [-0.1, -0.05) is 6.07 Å². The first kappa shape index (κ1) is 24.3. The molecule has 0 aliphatic heterocycles. The van der Waals surface area contributed by atoms with E-state index in [9.17, 15) is 13.2 Å². The topological polar surface area (TPSA) is 87.7 Å². The fourth-order valence-corrected chi connectivity index (χ4v) is 5.16. The summed E-state index contributed by atoms with van der Waals surface area (Å²) in [4.78, 5) is 15.4. The van der Waals surface area contributed by atoms with E-state index in [4.69, 9.17) is 4.74 Å². The van der Waals surface area contributed by atoms with Crippen LogP contribution in [0, 0.1) is 0 Å². The van der Waals surface area contributed by atoms with Crippen molar-refractivity contribution in [2.45, 2.75) is 18.7 Å². The summed E-state index contributed by atoms with van der Waals surface area (Å²) in [6.07, 6.45) is 3.14. The van der Waals surface area contributed by atoms with Crippen LogP contribution >= 0.6 is 11.3 Å². The van der Waals surface area contributed by atoms with Crippen LogP contribution in [-0.4, -0.2) is 34.5 Å². The number of benzene rings is 2. The van der Waals surface area contributed by atoms with Gasteiger partial charge in [-0.05, 0) is 73.8 Å². The highest BCUT2D eigenvalue weighted by Gasteiger charge is 2.22. The third-order valence-electron chi connectivity index (χ3n) is 4.91. The number of rotatable bonds is 10. The number of hydrogen-bond donors (Lipinski definition) is 2. The van der Waals surface area contributed by atoms with Gasteiger partial charge in [-0.25, -0.2) is 8.42 Å². The summed E-state index contributed by atoms with van der Waals surface area (Å²) in [7, 11) is -2.39. The normalized spacial score (nSPS) is 11.4. The van der Waals surface area contributed by atoms with Gasteiger partial charge in [0.1, 0.15) is 10.6 Å². The average Bonchev–Trinajstić information content (AvgIpc) is 3.33. The van der Waals surface area contributed by atoms with Gasteiger partial charge in [0.05, 0.1) is 12.8 Å². The zero-order valence-electron chi connectivity index (χ0n) is 18.7. The molecule has 0 aliphatic rings. The molecule has 0 bridgehead atoms. The number of anilines is 3. The second-order valence-electron chi connectivity index (χ2n) is 7.03. The van der Waals surface area contributed by atoms with Crippen molar-refractivity contribution in [2.24, 2.45) is 0 Å². The molecule has 1 aromatic heterocycles. The highest BCUT2D eigenvalue weighted by Crippen LogP contribution is 2.30. The van der Waals surface area contributed by atoms with Gasteiger partial charge in [-0.3, -0.25) is 9.52 Å². The Morgan fingerprint density at radius 2 is 1.76 bits per heavy atom. The SMILES string of the molecule is CCN(CC)c1ccc(NC(=O)/C=C/c2cccs2)cc1S(=O)(=O)Nc1ccc(OC)cc1. The summed E-state index contributed by atoms with van der Waals surface area (Å²) in [5, 5.41) is 4.68. The van der Waals surface area contributed by atoms with E-state index in [-0.39, 0.29) is 10.8 Å². The highest BCUT2D eigenvalue weighted by atomic mass is 32.2. The van der Waals surface area contributed by atoms with Gasteiger partial charge >= 0.3 is 0 Å². The molecule has 2 aromatic carbocycles. The molecule has 0 radical (unpaired) electrons. The Labute approximate surface area is 198 Å². The van der Waals surface area contributed by atoms with Crippen LogP contribution in [0.25, 0.3) is 6.08 Å². The minimum Gasteiger partial charge on any atom is -0.497 e. The third-order valence-corrected chi connectivity index (χ3v) is 7.15. The molecular formula is C24H27N3O4S2. The number of amides is 1. The number of hydrogen-bond acceptors (Lipinski definition) is 6. The average molecular weight is 486 g/mol. The maximum Gasteiger partial charge on any atom is 0.264 e. The van der Waals surface area contributed by atoms with E-state index >= 15 is 0 Å². The van der Waals surface area contributed by atoms with Gasteiger partial charge in [-0.2, -0.15) is 0 Å². The molecule has 33 heavy (non-hydrogen) atoms. The Kier molecular flexibility index (Phi) is 8.13. The van der Waals surface area contributed by atoms with Crippen LogP contribution in [0.5, 0.6) is 5.75 Å². The van der Waals surface area contributed by atoms with Crippen molar-refractivity contribution < 1.29 is 17.9 Å². The molecule has 0 saturated heterocycles. The molecule has 7 nitrogen and oxygen atoms in total. The lowest BCUT2D eigenvalue weighted by atomic mass is 10.2. The molecule has 3 rings (SSSR count). The number of methoxy groups -OCH3 is 1. The van der Waals surface area contributed by atoms with Gasteiger partial charge in [0.2, 0.25) is 5.91 Å². The summed E-state index contributed by atoms with van der Waals surface area (Å²) >= 11 is 1.52. The van der Waals surface area contributed by atoms with E-state index < -0.39 is 10.0 Å². The molecule has 174 valence electrons. The monoisotopic (exact) mass is 485 g/mol. The molecule has 1 heterocycles. The lowest BCUT2D eigenvalue weighted by Gasteiger charge is -2.24. The van der Waals surface area contributed by atoms with Crippen LogP contribution in [0.4, 0.5) is 17.1 Å². The maximum absolute atomic E-state index is 13.3. The highest BCUT2D eigenvalue weighted by molar-refractivity contribution is 7.92. The van der Waals surface area contributed by atoms with Gasteiger partial charge in [-0.15, -0.1) is 11.3 Å². The predicted molar refractivity (Wildman–Crippen MR) is 136 cm³/mol. The van der Waals surface area contributed by atoms with Crippen LogP contribution in [0.1, 0.15) is 18.7 Å². The summed E-state index contributed by atoms with van der Waals surface area (Å²) in [6.45, 7) is 5.19. The molecular weight excluding hydrogens is 458 g/mol. The van der Waals surface area contributed by atoms with Crippen LogP contribution in [0.3, 0.4) is 0 Å². The Morgan fingerprint density at radius 1 is 1.06 bits per heavy atom.